The molecule has 1 rings (SSSR count). The van der Waals surface area contributed by atoms with E-state index in [4.69, 9.17) is 4.74 Å². The van der Waals surface area contributed by atoms with E-state index >= 15 is 0 Å². The third kappa shape index (κ3) is 4.58. The zero-order valence-electron chi connectivity index (χ0n) is 12.4. The molecule has 4 nitrogen and oxygen atoms in total. The van der Waals surface area contributed by atoms with Crippen molar-refractivity contribution in [3.05, 3.63) is 0 Å². The molecule has 1 unspecified atom stereocenters. The van der Waals surface area contributed by atoms with Gasteiger partial charge in [-0.15, -0.1) is 0 Å². The van der Waals surface area contributed by atoms with Gasteiger partial charge >= 0.3 is 5.97 Å². The number of hydrogen-bond donors (Lipinski definition) is 1. The lowest BCUT2D eigenvalue weighted by Crippen LogP contribution is -2.46. The summed E-state index contributed by atoms with van der Waals surface area (Å²) in [5.74, 6) is 0.377. The quantitative estimate of drug-likeness (QED) is 0.671. The highest BCUT2D eigenvalue weighted by molar-refractivity contribution is 5.76. The van der Waals surface area contributed by atoms with Gasteiger partial charge in [0.25, 0.3) is 0 Å². The average Bonchev–Trinajstić information content (AvgIpc) is 3.11. The van der Waals surface area contributed by atoms with Gasteiger partial charge in [0.05, 0.1) is 7.11 Å². The van der Waals surface area contributed by atoms with Gasteiger partial charge in [0, 0.05) is 25.2 Å². The molecule has 1 aliphatic carbocycles. The molecule has 0 heterocycles. The van der Waals surface area contributed by atoms with E-state index in [1.807, 2.05) is 0 Å². The van der Waals surface area contributed by atoms with Crippen LogP contribution < -0.4 is 5.32 Å². The minimum Gasteiger partial charge on any atom is -0.468 e. The maximum Gasteiger partial charge on any atom is 0.323 e. The largest absolute Gasteiger partial charge is 0.468 e. The van der Waals surface area contributed by atoms with Gasteiger partial charge in [0.1, 0.15) is 6.04 Å². The highest BCUT2D eigenvalue weighted by atomic mass is 16.5. The lowest BCUT2D eigenvalue weighted by atomic mass is 10.2. The first kappa shape index (κ1) is 15.4. The minimum absolute atomic E-state index is 0.101. The van der Waals surface area contributed by atoms with Crippen LogP contribution in [0.15, 0.2) is 0 Å². The van der Waals surface area contributed by atoms with E-state index in [1.54, 1.807) is 0 Å². The van der Waals surface area contributed by atoms with Crippen molar-refractivity contribution in [3.63, 3.8) is 0 Å². The van der Waals surface area contributed by atoms with Crippen LogP contribution in [0.1, 0.15) is 40.5 Å². The van der Waals surface area contributed by atoms with Crippen molar-refractivity contribution in [2.75, 3.05) is 20.2 Å². The molecule has 1 saturated carbocycles. The van der Waals surface area contributed by atoms with Crippen molar-refractivity contribution in [1.82, 2.24) is 10.2 Å². The Kier molecular flexibility index (Phi) is 6.09. The molecule has 1 aliphatic rings. The monoisotopic (exact) mass is 256 g/mol. The SMILES string of the molecule is COC(=O)C(NCCN(C(C)C)C(C)C)C1CC1. The molecular weight excluding hydrogens is 228 g/mol. The summed E-state index contributed by atoms with van der Waals surface area (Å²) in [6.45, 7) is 10.6. The molecule has 4 heteroatoms. The number of nitrogens with one attached hydrogen (secondary N) is 1. The van der Waals surface area contributed by atoms with E-state index < -0.39 is 0 Å². The Hall–Kier alpha value is -0.610. The van der Waals surface area contributed by atoms with Gasteiger partial charge in [-0.3, -0.25) is 9.69 Å². The molecule has 0 aromatic heterocycles. The standard InChI is InChI=1S/C14H28N2O2/c1-10(2)16(11(3)4)9-8-15-13(12-6-7-12)14(17)18-5/h10-13,15H,6-9H2,1-5H3. The molecule has 0 radical (unpaired) electrons. The van der Waals surface area contributed by atoms with Gasteiger partial charge in [-0.05, 0) is 46.5 Å². The van der Waals surface area contributed by atoms with Crippen LogP contribution in [0, 0.1) is 5.92 Å². The highest BCUT2D eigenvalue weighted by Crippen LogP contribution is 2.33. The average molecular weight is 256 g/mol. The number of ether oxygens (including phenoxy) is 1. The second-order valence-corrected chi connectivity index (χ2v) is 5.72. The third-order valence-electron chi connectivity index (χ3n) is 3.61. The predicted octanol–water partition coefficient (Wildman–Crippen LogP) is 1.65. The van der Waals surface area contributed by atoms with Crippen molar-refractivity contribution in [3.8, 4) is 0 Å². The maximum absolute atomic E-state index is 11.6. The van der Waals surface area contributed by atoms with Crippen LogP contribution in [0.2, 0.25) is 0 Å². The number of methoxy groups -OCH3 is 1. The lowest BCUT2D eigenvalue weighted by Gasteiger charge is -2.31. The molecule has 1 atom stereocenters. The highest BCUT2D eigenvalue weighted by Gasteiger charge is 2.36. The summed E-state index contributed by atoms with van der Waals surface area (Å²) >= 11 is 0. The van der Waals surface area contributed by atoms with E-state index in [0.717, 1.165) is 25.9 Å². The number of esters is 1. The molecular formula is C14H28N2O2. The van der Waals surface area contributed by atoms with Crippen LogP contribution in [0.3, 0.4) is 0 Å². The summed E-state index contributed by atoms with van der Waals surface area (Å²) in [7, 11) is 1.47. The Labute approximate surface area is 111 Å². The van der Waals surface area contributed by atoms with E-state index in [2.05, 4.69) is 37.9 Å². The Morgan fingerprint density at radius 1 is 1.28 bits per heavy atom. The van der Waals surface area contributed by atoms with Crippen LogP contribution in [0.5, 0.6) is 0 Å². The lowest BCUT2D eigenvalue weighted by molar-refractivity contribution is -0.143. The summed E-state index contributed by atoms with van der Waals surface area (Å²) in [6.07, 6.45) is 2.29. The molecule has 0 bridgehead atoms. The van der Waals surface area contributed by atoms with Gasteiger partial charge < -0.3 is 10.1 Å². The molecule has 0 aromatic carbocycles. The fraction of sp³-hybridized carbons (Fsp3) is 0.929. The first-order valence-electron chi connectivity index (χ1n) is 7.04. The Bertz CT molecular complexity index is 255. The number of carbonyl (C=O) groups is 1. The first-order valence-corrected chi connectivity index (χ1v) is 7.04. The predicted molar refractivity (Wildman–Crippen MR) is 73.5 cm³/mol. The van der Waals surface area contributed by atoms with Crippen molar-refractivity contribution in [2.24, 2.45) is 5.92 Å². The summed E-state index contributed by atoms with van der Waals surface area (Å²) < 4.78 is 4.85. The summed E-state index contributed by atoms with van der Waals surface area (Å²) in [4.78, 5) is 14.1. The second-order valence-electron chi connectivity index (χ2n) is 5.72. The molecule has 106 valence electrons. The number of hydrogen-bond acceptors (Lipinski definition) is 4. The molecule has 0 saturated heterocycles. The van der Waals surface area contributed by atoms with Crippen molar-refractivity contribution < 1.29 is 9.53 Å². The van der Waals surface area contributed by atoms with Gasteiger partial charge in [0.2, 0.25) is 0 Å². The van der Waals surface area contributed by atoms with Crippen LogP contribution in [0.4, 0.5) is 0 Å². The molecule has 0 amide bonds. The van der Waals surface area contributed by atoms with Crippen LogP contribution in [0.25, 0.3) is 0 Å². The van der Waals surface area contributed by atoms with Crippen molar-refractivity contribution in [1.29, 1.82) is 0 Å². The molecule has 0 spiro atoms. The van der Waals surface area contributed by atoms with E-state index in [-0.39, 0.29) is 12.0 Å². The maximum atomic E-state index is 11.6. The van der Waals surface area contributed by atoms with Crippen LogP contribution in [-0.4, -0.2) is 49.2 Å². The van der Waals surface area contributed by atoms with Gasteiger partial charge in [0.15, 0.2) is 0 Å². The van der Waals surface area contributed by atoms with Crippen LogP contribution in [-0.2, 0) is 9.53 Å². The van der Waals surface area contributed by atoms with Gasteiger partial charge in [-0.25, -0.2) is 0 Å². The number of nitrogens with zero attached hydrogens (tertiary/aromatic N) is 1. The van der Waals surface area contributed by atoms with Crippen LogP contribution >= 0.6 is 0 Å². The summed E-state index contributed by atoms with van der Waals surface area (Å²) in [5, 5.41) is 3.36. The molecule has 1 N–H and O–H groups in total. The van der Waals surface area contributed by atoms with E-state index in [9.17, 15) is 4.79 Å². The summed E-state index contributed by atoms with van der Waals surface area (Å²) in [6, 6.07) is 0.963. The third-order valence-corrected chi connectivity index (χ3v) is 3.61. The fourth-order valence-corrected chi connectivity index (χ4v) is 2.46. The minimum atomic E-state index is -0.113. The molecule has 18 heavy (non-hydrogen) atoms. The molecule has 1 fully saturated rings. The second kappa shape index (κ2) is 7.10. The summed E-state index contributed by atoms with van der Waals surface area (Å²) in [5.41, 5.74) is 0. The van der Waals surface area contributed by atoms with Crippen molar-refractivity contribution >= 4 is 5.97 Å². The van der Waals surface area contributed by atoms with Crippen molar-refractivity contribution in [2.45, 2.75) is 58.7 Å². The smallest absolute Gasteiger partial charge is 0.323 e. The van der Waals surface area contributed by atoms with Gasteiger partial charge in [-0.2, -0.15) is 0 Å². The topological polar surface area (TPSA) is 41.6 Å². The van der Waals surface area contributed by atoms with E-state index in [0.29, 0.717) is 18.0 Å². The zero-order chi connectivity index (χ0) is 13.7. The van der Waals surface area contributed by atoms with Gasteiger partial charge in [-0.1, -0.05) is 0 Å². The molecule has 0 aromatic rings. The number of rotatable bonds is 8. The first-order chi connectivity index (χ1) is 8.47. The zero-order valence-corrected chi connectivity index (χ0v) is 12.4. The Balaban J connectivity index is 2.35. The Morgan fingerprint density at radius 3 is 2.22 bits per heavy atom. The van der Waals surface area contributed by atoms with E-state index in [1.165, 1.54) is 7.11 Å². The Morgan fingerprint density at radius 2 is 1.83 bits per heavy atom. The number of carbonyl (C=O) groups excluding carboxylic acids is 1. The fourth-order valence-electron chi connectivity index (χ4n) is 2.46. The normalized spacial score (nSPS) is 17.6. The molecule has 0 aliphatic heterocycles.